The van der Waals surface area contributed by atoms with Crippen LogP contribution in [0.2, 0.25) is 0 Å². The van der Waals surface area contributed by atoms with E-state index >= 15 is 0 Å². The molecule has 4 heteroatoms. The van der Waals surface area contributed by atoms with Gasteiger partial charge < -0.3 is 0 Å². The first-order chi connectivity index (χ1) is 6.63. The molecule has 1 aliphatic heterocycles. The molecule has 0 saturated heterocycles. The van der Waals surface area contributed by atoms with Crippen LogP contribution in [-0.4, -0.2) is 11.8 Å². The zero-order valence-corrected chi connectivity index (χ0v) is 8.72. The van der Waals surface area contributed by atoms with E-state index < -0.39 is 0 Å². The number of imide groups is 1. The summed E-state index contributed by atoms with van der Waals surface area (Å²) in [6.45, 7) is 3.36. The summed E-state index contributed by atoms with van der Waals surface area (Å²) in [7, 11) is 0. The molecule has 2 amide bonds. The van der Waals surface area contributed by atoms with Gasteiger partial charge in [0.1, 0.15) is 0 Å². The third-order valence-corrected chi connectivity index (χ3v) is 3.05. The fraction of sp³-hybridized carbons (Fsp3) is 0.200. The van der Waals surface area contributed by atoms with Crippen molar-refractivity contribution in [1.82, 2.24) is 0 Å². The Morgan fingerprint density at radius 2 is 1.71 bits per heavy atom. The molecule has 1 aromatic heterocycles. The zero-order valence-electron chi connectivity index (χ0n) is 7.90. The van der Waals surface area contributed by atoms with E-state index in [9.17, 15) is 9.59 Å². The predicted molar refractivity (Wildman–Crippen MR) is 55.2 cm³/mol. The maximum atomic E-state index is 11.7. The molecule has 0 radical (unpaired) electrons. The van der Waals surface area contributed by atoms with E-state index in [4.69, 9.17) is 0 Å². The van der Waals surface area contributed by atoms with E-state index in [1.165, 1.54) is 16.2 Å². The van der Waals surface area contributed by atoms with Crippen LogP contribution in [-0.2, 0) is 9.59 Å². The number of anilines is 1. The fourth-order valence-corrected chi connectivity index (χ4v) is 1.99. The van der Waals surface area contributed by atoms with Gasteiger partial charge in [-0.1, -0.05) is 0 Å². The third-order valence-electron chi connectivity index (χ3n) is 2.37. The number of hydrogen-bond acceptors (Lipinski definition) is 3. The highest BCUT2D eigenvalue weighted by Gasteiger charge is 2.34. The van der Waals surface area contributed by atoms with Crippen molar-refractivity contribution in [2.45, 2.75) is 13.8 Å². The highest BCUT2D eigenvalue weighted by molar-refractivity contribution is 7.08. The van der Waals surface area contributed by atoms with Gasteiger partial charge >= 0.3 is 0 Å². The lowest BCUT2D eigenvalue weighted by atomic mass is 10.2. The van der Waals surface area contributed by atoms with Crippen LogP contribution in [0.3, 0.4) is 0 Å². The maximum absolute atomic E-state index is 11.7. The summed E-state index contributed by atoms with van der Waals surface area (Å²) in [6, 6.07) is 1.77. The Morgan fingerprint density at radius 3 is 2.14 bits per heavy atom. The number of hydrogen-bond donors (Lipinski definition) is 0. The van der Waals surface area contributed by atoms with Crippen LogP contribution in [0.25, 0.3) is 0 Å². The average Bonchev–Trinajstić information content (AvgIpc) is 2.73. The quantitative estimate of drug-likeness (QED) is 0.660. The van der Waals surface area contributed by atoms with Gasteiger partial charge in [-0.05, 0) is 25.3 Å². The normalized spacial score (nSPS) is 17.1. The van der Waals surface area contributed by atoms with Crippen LogP contribution in [0.4, 0.5) is 5.69 Å². The van der Waals surface area contributed by atoms with Gasteiger partial charge in [0.25, 0.3) is 11.8 Å². The summed E-state index contributed by atoms with van der Waals surface area (Å²) in [6.07, 6.45) is 0. The highest BCUT2D eigenvalue weighted by Crippen LogP contribution is 2.27. The Bertz CT molecular complexity index is 407. The molecule has 0 saturated carbocycles. The molecule has 0 aromatic carbocycles. The molecule has 0 N–H and O–H groups in total. The minimum atomic E-state index is -0.203. The number of carbonyl (C=O) groups excluding carboxylic acids is 2. The number of thiophene rings is 1. The van der Waals surface area contributed by atoms with E-state index in [1.54, 1.807) is 25.3 Å². The molecule has 0 atom stereocenters. The molecule has 2 heterocycles. The van der Waals surface area contributed by atoms with E-state index in [-0.39, 0.29) is 11.8 Å². The van der Waals surface area contributed by atoms with Gasteiger partial charge in [-0.15, -0.1) is 0 Å². The molecular formula is C10H9NO2S. The van der Waals surface area contributed by atoms with E-state index in [0.29, 0.717) is 16.8 Å². The van der Waals surface area contributed by atoms with Gasteiger partial charge in [-0.2, -0.15) is 11.3 Å². The Balaban J connectivity index is 2.44. The largest absolute Gasteiger partial charge is 0.269 e. The van der Waals surface area contributed by atoms with Crippen LogP contribution in [0, 0.1) is 0 Å². The SMILES string of the molecule is CC1=C(C)C(=O)N(c2ccsc2)C1=O. The second-order valence-electron chi connectivity index (χ2n) is 3.18. The molecule has 1 aromatic rings. The Hall–Kier alpha value is -1.42. The summed E-state index contributed by atoms with van der Waals surface area (Å²) in [5, 5.41) is 3.64. The average molecular weight is 207 g/mol. The molecule has 0 unspecified atom stereocenters. The van der Waals surface area contributed by atoms with Crippen LogP contribution in [0.15, 0.2) is 28.0 Å². The second-order valence-corrected chi connectivity index (χ2v) is 3.96. The Kier molecular flexibility index (Phi) is 2.00. The minimum Gasteiger partial charge on any atom is -0.269 e. The van der Waals surface area contributed by atoms with Crippen molar-refractivity contribution in [3.8, 4) is 0 Å². The molecule has 14 heavy (non-hydrogen) atoms. The Morgan fingerprint density at radius 1 is 1.14 bits per heavy atom. The predicted octanol–water partition coefficient (Wildman–Crippen LogP) is 1.96. The standard InChI is InChI=1S/C10H9NO2S/c1-6-7(2)10(13)11(9(6)12)8-3-4-14-5-8/h3-5H,1-2H3. The lowest BCUT2D eigenvalue weighted by molar-refractivity contribution is -0.120. The van der Waals surface area contributed by atoms with Crippen LogP contribution >= 0.6 is 11.3 Å². The summed E-state index contributed by atoms with van der Waals surface area (Å²) in [4.78, 5) is 24.6. The molecule has 0 aliphatic carbocycles. The van der Waals surface area contributed by atoms with Crippen molar-refractivity contribution in [2.75, 3.05) is 4.90 Å². The topological polar surface area (TPSA) is 37.4 Å². The van der Waals surface area contributed by atoms with Gasteiger partial charge in [0, 0.05) is 16.5 Å². The number of amides is 2. The highest BCUT2D eigenvalue weighted by atomic mass is 32.1. The van der Waals surface area contributed by atoms with Crippen molar-refractivity contribution in [3.63, 3.8) is 0 Å². The van der Waals surface area contributed by atoms with Crippen LogP contribution in [0.5, 0.6) is 0 Å². The van der Waals surface area contributed by atoms with Crippen LogP contribution < -0.4 is 4.90 Å². The smallest absolute Gasteiger partial charge is 0.261 e. The van der Waals surface area contributed by atoms with Crippen LogP contribution in [0.1, 0.15) is 13.8 Å². The third kappa shape index (κ3) is 1.11. The summed E-state index contributed by atoms with van der Waals surface area (Å²) in [5.41, 5.74) is 1.75. The van der Waals surface area contributed by atoms with Crippen molar-refractivity contribution in [1.29, 1.82) is 0 Å². The van der Waals surface area contributed by atoms with Gasteiger partial charge in [0.15, 0.2) is 0 Å². The first-order valence-electron chi connectivity index (χ1n) is 4.21. The van der Waals surface area contributed by atoms with Crippen molar-refractivity contribution < 1.29 is 9.59 Å². The van der Waals surface area contributed by atoms with E-state index in [1.807, 2.05) is 5.38 Å². The second kappa shape index (κ2) is 3.06. The fourth-order valence-electron chi connectivity index (χ4n) is 1.37. The zero-order chi connectivity index (χ0) is 10.3. The molecule has 72 valence electrons. The maximum Gasteiger partial charge on any atom is 0.261 e. The van der Waals surface area contributed by atoms with Crippen molar-refractivity contribution >= 4 is 28.8 Å². The van der Waals surface area contributed by atoms with Crippen molar-refractivity contribution in [3.05, 3.63) is 28.0 Å². The molecule has 1 aliphatic rings. The van der Waals surface area contributed by atoms with Gasteiger partial charge in [0.2, 0.25) is 0 Å². The molecular weight excluding hydrogens is 198 g/mol. The number of rotatable bonds is 1. The molecule has 0 spiro atoms. The first kappa shape index (κ1) is 9.15. The minimum absolute atomic E-state index is 0.203. The lowest BCUT2D eigenvalue weighted by Gasteiger charge is -2.11. The number of carbonyl (C=O) groups is 2. The molecule has 2 rings (SSSR count). The summed E-state index contributed by atoms with van der Waals surface area (Å²) in [5.74, 6) is -0.406. The van der Waals surface area contributed by atoms with E-state index in [0.717, 1.165) is 0 Å². The molecule has 0 bridgehead atoms. The van der Waals surface area contributed by atoms with Gasteiger partial charge in [0.05, 0.1) is 5.69 Å². The van der Waals surface area contributed by atoms with Crippen molar-refractivity contribution in [2.24, 2.45) is 0 Å². The lowest BCUT2D eigenvalue weighted by Crippen LogP contribution is -2.30. The summed E-state index contributed by atoms with van der Waals surface area (Å²) < 4.78 is 0. The first-order valence-corrected chi connectivity index (χ1v) is 5.15. The van der Waals surface area contributed by atoms with Gasteiger partial charge in [-0.25, -0.2) is 4.90 Å². The van der Waals surface area contributed by atoms with Gasteiger partial charge in [-0.3, -0.25) is 9.59 Å². The monoisotopic (exact) mass is 207 g/mol. The molecule has 3 nitrogen and oxygen atoms in total. The van der Waals surface area contributed by atoms with E-state index in [2.05, 4.69) is 0 Å². The Labute approximate surface area is 85.6 Å². The molecule has 0 fully saturated rings. The summed E-state index contributed by atoms with van der Waals surface area (Å²) >= 11 is 1.47. The number of nitrogens with zero attached hydrogens (tertiary/aromatic N) is 1.